The minimum absolute atomic E-state index is 0.325. The molecule has 0 atom stereocenters. The first kappa shape index (κ1) is 20.7. The molecule has 0 bridgehead atoms. The Morgan fingerprint density at radius 3 is 2.79 bits per heavy atom. The molecule has 0 radical (unpaired) electrons. The van der Waals surface area contributed by atoms with Crippen molar-refractivity contribution in [1.29, 1.82) is 0 Å². The second-order valence-corrected chi connectivity index (χ2v) is 9.61. The summed E-state index contributed by atoms with van der Waals surface area (Å²) in [6, 6.07) is 4.28. The SMILES string of the molecule is FC(F)Cn1cc(-c2cc3nccc(Oc4cn(C5CC5)nc4C4CCOCC4)c3s2)cn1. The molecule has 0 aromatic carbocycles. The Morgan fingerprint density at radius 1 is 1.15 bits per heavy atom. The number of pyridine rings is 1. The predicted octanol–water partition coefficient (Wildman–Crippen LogP) is 5.64. The molecule has 7 nitrogen and oxygen atoms in total. The lowest BCUT2D eigenvalue weighted by atomic mass is 9.96. The Kier molecular flexibility index (Phi) is 5.34. The molecule has 1 saturated carbocycles. The average Bonchev–Trinajstić information content (AvgIpc) is 3.20. The summed E-state index contributed by atoms with van der Waals surface area (Å²) >= 11 is 1.52. The third-order valence-corrected chi connectivity index (χ3v) is 7.28. The van der Waals surface area contributed by atoms with E-state index in [0.717, 1.165) is 76.7 Å². The summed E-state index contributed by atoms with van der Waals surface area (Å²) in [6.45, 7) is 1.07. The van der Waals surface area contributed by atoms with Gasteiger partial charge in [0.15, 0.2) is 5.75 Å². The van der Waals surface area contributed by atoms with Gasteiger partial charge in [-0.3, -0.25) is 14.3 Å². The lowest BCUT2D eigenvalue weighted by Crippen LogP contribution is -2.15. The molecule has 4 aromatic rings. The number of ether oxygens (including phenoxy) is 2. The van der Waals surface area contributed by atoms with Crippen LogP contribution >= 0.6 is 11.3 Å². The van der Waals surface area contributed by atoms with E-state index in [1.807, 2.05) is 18.3 Å². The van der Waals surface area contributed by atoms with Crippen molar-refractivity contribution in [2.24, 2.45) is 0 Å². The zero-order chi connectivity index (χ0) is 22.4. The van der Waals surface area contributed by atoms with Crippen LogP contribution in [-0.2, 0) is 11.3 Å². The van der Waals surface area contributed by atoms with Crippen LogP contribution in [0.15, 0.2) is 36.9 Å². The molecule has 0 amide bonds. The maximum absolute atomic E-state index is 12.7. The quantitative estimate of drug-likeness (QED) is 0.349. The zero-order valence-corrected chi connectivity index (χ0v) is 18.7. The number of rotatable bonds is 7. The molecule has 33 heavy (non-hydrogen) atoms. The van der Waals surface area contributed by atoms with Gasteiger partial charge in [0.25, 0.3) is 6.43 Å². The summed E-state index contributed by atoms with van der Waals surface area (Å²) in [6.07, 6.45) is 8.75. The van der Waals surface area contributed by atoms with Gasteiger partial charge in [-0.1, -0.05) is 0 Å². The largest absolute Gasteiger partial charge is 0.452 e. The minimum atomic E-state index is -2.44. The predicted molar refractivity (Wildman–Crippen MR) is 120 cm³/mol. The fourth-order valence-electron chi connectivity index (χ4n) is 4.24. The average molecular weight is 472 g/mol. The number of fused-ring (bicyclic) bond motifs is 1. The van der Waals surface area contributed by atoms with Crippen molar-refractivity contribution in [3.05, 3.63) is 42.6 Å². The molecule has 4 aromatic heterocycles. The van der Waals surface area contributed by atoms with E-state index in [2.05, 4.69) is 14.8 Å². The molecule has 0 N–H and O–H groups in total. The van der Waals surface area contributed by atoms with E-state index >= 15 is 0 Å². The second kappa shape index (κ2) is 8.49. The van der Waals surface area contributed by atoms with Crippen LogP contribution in [0.1, 0.15) is 43.3 Å². The molecule has 5 heterocycles. The van der Waals surface area contributed by atoms with Gasteiger partial charge in [-0.05, 0) is 31.7 Å². The first-order valence-corrected chi connectivity index (χ1v) is 12.0. The van der Waals surface area contributed by atoms with E-state index in [9.17, 15) is 8.78 Å². The lowest BCUT2D eigenvalue weighted by Gasteiger charge is -2.21. The van der Waals surface area contributed by atoms with E-state index in [-0.39, 0.29) is 0 Å². The highest BCUT2D eigenvalue weighted by Gasteiger charge is 2.30. The van der Waals surface area contributed by atoms with Crippen LogP contribution in [-0.4, -0.2) is 44.2 Å². The highest BCUT2D eigenvalue weighted by atomic mass is 32.1. The summed E-state index contributed by atoms with van der Waals surface area (Å²) < 4.78 is 41.6. The Balaban J connectivity index is 1.33. The van der Waals surface area contributed by atoms with Crippen molar-refractivity contribution in [2.45, 2.75) is 50.6 Å². The summed E-state index contributed by atoms with van der Waals surface area (Å²) in [5.74, 6) is 1.84. The van der Waals surface area contributed by atoms with E-state index < -0.39 is 13.0 Å². The van der Waals surface area contributed by atoms with E-state index in [1.165, 1.54) is 16.0 Å². The number of thiophene rings is 1. The molecule has 2 fully saturated rings. The Labute approximate surface area is 192 Å². The smallest absolute Gasteiger partial charge is 0.257 e. The maximum atomic E-state index is 12.7. The van der Waals surface area contributed by atoms with Crippen molar-refractivity contribution < 1.29 is 18.3 Å². The number of halogens is 2. The van der Waals surface area contributed by atoms with Crippen LogP contribution in [0.3, 0.4) is 0 Å². The highest BCUT2D eigenvalue weighted by molar-refractivity contribution is 7.22. The third-order valence-electron chi connectivity index (χ3n) is 6.09. The van der Waals surface area contributed by atoms with Gasteiger partial charge in [-0.2, -0.15) is 10.2 Å². The van der Waals surface area contributed by atoms with Gasteiger partial charge in [-0.15, -0.1) is 11.3 Å². The Bertz CT molecular complexity index is 1270. The van der Waals surface area contributed by atoms with Gasteiger partial charge in [0.2, 0.25) is 0 Å². The van der Waals surface area contributed by atoms with Gasteiger partial charge in [0.1, 0.15) is 18.0 Å². The Hall–Kier alpha value is -2.85. The second-order valence-electron chi connectivity index (χ2n) is 8.55. The van der Waals surface area contributed by atoms with Crippen LogP contribution in [0.5, 0.6) is 11.5 Å². The summed E-state index contributed by atoms with van der Waals surface area (Å²) in [5, 5.41) is 8.95. The Morgan fingerprint density at radius 2 is 2.00 bits per heavy atom. The molecular formula is C23H23F2N5O2S. The van der Waals surface area contributed by atoms with E-state index in [4.69, 9.17) is 14.6 Å². The standard InChI is InChI=1S/C23H23F2N5O2S/c24-21(25)13-29-11-15(10-27-29)20-9-17-23(33-20)18(3-6-26-17)32-19-12-30(16-1-2-16)28-22(19)14-4-7-31-8-5-14/h3,6,9-12,14,16,21H,1-2,4-5,7-8,13H2. The first-order valence-electron chi connectivity index (χ1n) is 11.2. The molecule has 0 spiro atoms. The number of aromatic nitrogens is 5. The molecule has 6 rings (SSSR count). The van der Waals surface area contributed by atoms with Gasteiger partial charge in [0, 0.05) is 48.0 Å². The van der Waals surface area contributed by atoms with Gasteiger partial charge >= 0.3 is 0 Å². The van der Waals surface area contributed by atoms with E-state index in [1.54, 1.807) is 18.6 Å². The molecule has 10 heteroatoms. The van der Waals surface area contributed by atoms with Crippen LogP contribution in [0.25, 0.3) is 20.7 Å². The van der Waals surface area contributed by atoms with Gasteiger partial charge in [0.05, 0.1) is 28.7 Å². The van der Waals surface area contributed by atoms with Crippen molar-refractivity contribution >= 4 is 21.6 Å². The fraction of sp³-hybridized carbons (Fsp3) is 0.435. The molecule has 0 unspecified atom stereocenters. The summed E-state index contributed by atoms with van der Waals surface area (Å²) in [4.78, 5) is 5.40. The molecule has 1 aliphatic heterocycles. The van der Waals surface area contributed by atoms with Crippen molar-refractivity contribution in [3.63, 3.8) is 0 Å². The number of alkyl halides is 2. The van der Waals surface area contributed by atoms with Gasteiger partial charge < -0.3 is 9.47 Å². The molecule has 172 valence electrons. The maximum Gasteiger partial charge on any atom is 0.257 e. The van der Waals surface area contributed by atoms with Crippen LogP contribution in [0.2, 0.25) is 0 Å². The third kappa shape index (κ3) is 4.24. The van der Waals surface area contributed by atoms with Gasteiger partial charge in [-0.25, -0.2) is 8.78 Å². The molecular weight excluding hydrogens is 448 g/mol. The van der Waals surface area contributed by atoms with E-state index in [0.29, 0.717) is 12.0 Å². The molecule has 1 saturated heterocycles. The highest BCUT2D eigenvalue weighted by Crippen LogP contribution is 2.43. The number of hydrogen-bond donors (Lipinski definition) is 0. The summed E-state index contributed by atoms with van der Waals surface area (Å²) in [5.41, 5.74) is 2.59. The fourth-order valence-corrected chi connectivity index (χ4v) is 5.28. The monoisotopic (exact) mass is 471 g/mol. The minimum Gasteiger partial charge on any atom is -0.452 e. The lowest BCUT2D eigenvalue weighted by molar-refractivity contribution is 0.0839. The van der Waals surface area contributed by atoms with Crippen molar-refractivity contribution in [3.8, 4) is 21.9 Å². The zero-order valence-electron chi connectivity index (χ0n) is 17.9. The first-order chi connectivity index (χ1) is 16.1. The van der Waals surface area contributed by atoms with Crippen molar-refractivity contribution in [2.75, 3.05) is 13.2 Å². The molecule has 2 aliphatic rings. The van der Waals surface area contributed by atoms with Crippen LogP contribution in [0.4, 0.5) is 8.78 Å². The number of nitrogens with zero attached hydrogens (tertiary/aromatic N) is 5. The molecule has 1 aliphatic carbocycles. The number of hydrogen-bond acceptors (Lipinski definition) is 6. The van der Waals surface area contributed by atoms with Crippen LogP contribution in [0, 0.1) is 0 Å². The van der Waals surface area contributed by atoms with Crippen LogP contribution < -0.4 is 4.74 Å². The summed E-state index contributed by atoms with van der Waals surface area (Å²) in [7, 11) is 0. The topological polar surface area (TPSA) is 67.0 Å². The normalized spacial score (nSPS) is 17.3. The van der Waals surface area contributed by atoms with Crippen molar-refractivity contribution in [1.82, 2.24) is 24.5 Å².